The number of aromatic nitrogens is 4. The number of rotatable bonds is 4. The van der Waals surface area contributed by atoms with Gasteiger partial charge < -0.3 is 15.0 Å². The highest BCUT2D eigenvalue weighted by atomic mass is 32.2. The Kier molecular flexibility index (Phi) is 3.48. The number of aryl methyl sites for hydroxylation is 1. The monoisotopic (exact) mass is 251 g/mol. The molecule has 0 amide bonds. The van der Waals surface area contributed by atoms with Gasteiger partial charge in [-0.1, -0.05) is 0 Å². The predicted octanol–water partition coefficient (Wildman–Crippen LogP) is 1.34. The molecule has 6 nitrogen and oxygen atoms in total. The summed E-state index contributed by atoms with van der Waals surface area (Å²) in [5, 5.41) is 9.32. The number of pyridine rings is 1. The summed E-state index contributed by atoms with van der Waals surface area (Å²) in [4.78, 5) is 4.31. The van der Waals surface area contributed by atoms with Crippen LogP contribution in [0.3, 0.4) is 0 Å². The fourth-order valence-electron chi connectivity index (χ4n) is 1.20. The van der Waals surface area contributed by atoms with E-state index in [0.29, 0.717) is 18.2 Å². The standard InChI is InChI=1S/C10H13N5OS/c1-3-16-9-7(11)4-5-8(13-9)17-10-14-12-6-15(10)2/h4-6H,3,11H2,1-2H3. The molecule has 0 saturated heterocycles. The summed E-state index contributed by atoms with van der Waals surface area (Å²) in [6, 6.07) is 3.61. The van der Waals surface area contributed by atoms with Crippen molar-refractivity contribution in [3.8, 4) is 5.88 Å². The van der Waals surface area contributed by atoms with E-state index < -0.39 is 0 Å². The van der Waals surface area contributed by atoms with Crippen LogP contribution in [0.15, 0.2) is 28.6 Å². The van der Waals surface area contributed by atoms with E-state index in [2.05, 4.69) is 15.2 Å². The molecule has 2 rings (SSSR count). The second-order valence-electron chi connectivity index (χ2n) is 3.30. The highest BCUT2D eigenvalue weighted by molar-refractivity contribution is 7.99. The first-order valence-electron chi connectivity index (χ1n) is 5.12. The lowest BCUT2D eigenvalue weighted by atomic mass is 10.4. The molecule has 0 aliphatic rings. The Balaban J connectivity index is 2.22. The Labute approximate surface area is 103 Å². The molecule has 0 saturated carbocycles. The van der Waals surface area contributed by atoms with E-state index in [0.717, 1.165) is 10.2 Å². The molecule has 2 aromatic heterocycles. The largest absolute Gasteiger partial charge is 0.476 e. The molecule has 0 aliphatic carbocycles. The minimum Gasteiger partial charge on any atom is -0.476 e. The van der Waals surface area contributed by atoms with Gasteiger partial charge in [0, 0.05) is 7.05 Å². The highest BCUT2D eigenvalue weighted by Crippen LogP contribution is 2.28. The van der Waals surface area contributed by atoms with Crippen LogP contribution in [0.25, 0.3) is 0 Å². The molecule has 0 aromatic carbocycles. The minimum absolute atomic E-state index is 0.458. The zero-order chi connectivity index (χ0) is 12.3. The normalized spacial score (nSPS) is 10.5. The van der Waals surface area contributed by atoms with Gasteiger partial charge in [0.2, 0.25) is 5.88 Å². The third-order valence-electron chi connectivity index (χ3n) is 2.01. The molecule has 0 bridgehead atoms. The van der Waals surface area contributed by atoms with Crippen LogP contribution in [0.2, 0.25) is 0 Å². The van der Waals surface area contributed by atoms with E-state index in [4.69, 9.17) is 10.5 Å². The van der Waals surface area contributed by atoms with Crippen LogP contribution >= 0.6 is 11.8 Å². The molecule has 0 fully saturated rings. The van der Waals surface area contributed by atoms with Gasteiger partial charge in [-0.2, -0.15) is 0 Å². The molecule has 0 aliphatic heterocycles. The maximum Gasteiger partial charge on any atom is 0.238 e. The molecule has 0 radical (unpaired) electrons. The SMILES string of the molecule is CCOc1nc(Sc2nncn2C)ccc1N. The number of anilines is 1. The van der Waals surface area contributed by atoms with Crippen molar-refractivity contribution in [1.82, 2.24) is 19.7 Å². The molecule has 2 heterocycles. The quantitative estimate of drug-likeness (QED) is 0.883. The molecular formula is C10H13N5OS. The number of hydrogen-bond acceptors (Lipinski definition) is 6. The van der Waals surface area contributed by atoms with E-state index >= 15 is 0 Å². The van der Waals surface area contributed by atoms with Crippen LogP contribution in [0, 0.1) is 0 Å². The second kappa shape index (κ2) is 5.05. The Morgan fingerprint density at radius 2 is 2.29 bits per heavy atom. The molecule has 17 heavy (non-hydrogen) atoms. The van der Waals surface area contributed by atoms with Crippen LogP contribution in [-0.4, -0.2) is 26.4 Å². The average molecular weight is 251 g/mol. The second-order valence-corrected chi connectivity index (χ2v) is 4.29. The van der Waals surface area contributed by atoms with Crippen LogP contribution in [0.1, 0.15) is 6.92 Å². The van der Waals surface area contributed by atoms with Gasteiger partial charge in [-0.25, -0.2) is 4.98 Å². The molecular weight excluding hydrogens is 238 g/mol. The fourth-order valence-corrected chi connectivity index (χ4v) is 1.93. The number of nitrogens with two attached hydrogens (primary N) is 1. The Hall–Kier alpha value is -1.76. The molecule has 7 heteroatoms. The zero-order valence-corrected chi connectivity index (χ0v) is 10.4. The maximum atomic E-state index is 5.75. The third kappa shape index (κ3) is 2.68. The molecule has 90 valence electrons. The van der Waals surface area contributed by atoms with Crippen molar-refractivity contribution in [3.05, 3.63) is 18.5 Å². The average Bonchev–Trinajstić information content (AvgIpc) is 2.70. The van der Waals surface area contributed by atoms with Crippen LogP contribution in [0.5, 0.6) is 5.88 Å². The third-order valence-corrected chi connectivity index (χ3v) is 3.00. The van der Waals surface area contributed by atoms with Crippen molar-refractivity contribution in [2.24, 2.45) is 7.05 Å². The topological polar surface area (TPSA) is 78.9 Å². The van der Waals surface area contributed by atoms with Crippen molar-refractivity contribution in [1.29, 1.82) is 0 Å². The van der Waals surface area contributed by atoms with E-state index in [1.807, 2.05) is 24.6 Å². The number of nitrogen functional groups attached to an aromatic ring is 1. The summed E-state index contributed by atoms with van der Waals surface area (Å²) in [6.45, 7) is 2.43. The summed E-state index contributed by atoms with van der Waals surface area (Å²) in [7, 11) is 1.88. The van der Waals surface area contributed by atoms with Crippen LogP contribution in [-0.2, 0) is 7.05 Å². The van der Waals surface area contributed by atoms with Crippen LogP contribution < -0.4 is 10.5 Å². The number of hydrogen-bond donors (Lipinski definition) is 1. The molecule has 0 spiro atoms. The molecule has 0 atom stereocenters. The van der Waals surface area contributed by atoms with Crippen molar-refractivity contribution in [3.63, 3.8) is 0 Å². The number of nitrogens with zero attached hydrogens (tertiary/aromatic N) is 4. The van der Waals surface area contributed by atoms with Gasteiger partial charge in [-0.15, -0.1) is 10.2 Å². The highest BCUT2D eigenvalue weighted by Gasteiger charge is 2.08. The summed E-state index contributed by atoms with van der Waals surface area (Å²) in [5.74, 6) is 0.458. The predicted molar refractivity (Wildman–Crippen MR) is 64.9 cm³/mol. The van der Waals surface area contributed by atoms with E-state index in [9.17, 15) is 0 Å². The summed E-state index contributed by atoms with van der Waals surface area (Å²) >= 11 is 1.41. The van der Waals surface area contributed by atoms with Gasteiger partial charge in [-0.3, -0.25) is 0 Å². The Morgan fingerprint density at radius 1 is 1.47 bits per heavy atom. The van der Waals surface area contributed by atoms with Gasteiger partial charge in [0.1, 0.15) is 11.4 Å². The molecule has 0 unspecified atom stereocenters. The van der Waals surface area contributed by atoms with Gasteiger partial charge in [-0.05, 0) is 30.8 Å². The van der Waals surface area contributed by atoms with Crippen molar-refractivity contribution < 1.29 is 4.74 Å². The summed E-state index contributed by atoms with van der Waals surface area (Å²) in [6.07, 6.45) is 1.64. The van der Waals surface area contributed by atoms with E-state index in [1.54, 1.807) is 12.4 Å². The Morgan fingerprint density at radius 3 is 2.94 bits per heavy atom. The lowest BCUT2D eigenvalue weighted by molar-refractivity contribution is 0.326. The van der Waals surface area contributed by atoms with Crippen molar-refractivity contribution in [2.75, 3.05) is 12.3 Å². The first kappa shape index (κ1) is 11.7. The van der Waals surface area contributed by atoms with E-state index in [-0.39, 0.29) is 0 Å². The number of ether oxygens (including phenoxy) is 1. The van der Waals surface area contributed by atoms with E-state index in [1.165, 1.54) is 11.8 Å². The maximum absolute atomic E-state index is 5.75. The first-order valence-corrected chi connectivity index (χ1v) is 5.93. The fraction of sp³-hybridized carbons (Fsp3) is 0.300. The minimum atomic E-state index is 0.458. The zero-order valence-electron chi connectivity index (χ0n) is 9.62. The van der Waals surface area contributed by atoms with Gasteiger partial charge in [0.05, 0.1) is 12.3 Å². The molecule has 2 aromatic rings. The lowest BCUT2D eigenvalue weighted by Crippen LogP contribution is -2.00. The smallest absolute Gasteiger partial charge is 0.238 e. The summed E-state index contributed by atoms with van der Waals surface area (Å²) in [5.41, 5.74) is 6.29. The Bertz CT molecular complexity index is 513. The van der Waals surface area contributed by atoms with Gasteiger partial charge >= 0.3 is 0 Å². The van der Waals surface area contributed by atoms with Crippen molar-refractivity contribution in [2.45, 2.75) is 17.1 Å². The lowest BCUT2D eigenvalue weighted by Gasteiger charge is -2.07. The molecule has 2 N–H and O–H groups in total. The summed E-state index contributed by atoms with van der Waals surface area (Å²) < 4.78 is 7.16. The van der Waals surface area contributed by atoms with Gasteiger partial charge in [0.25, 0.3) is 0 Å². The van der Waals surface area contributed by atoms with Crippen molar-refractivity contribution >= 4 is 17.4 Å². The first-order chi connectivity index (χ1) is 8.20. The van der Waals surface area contributed by atoms with Gasteiger partial charge in [0.15, 0.2) is 5.16 Å². The van der Waals surface area contributed by atoms with Crippen LogP contribution in [0.4, 0.5) is 5.69 Å².